The molecule has 0 bridgehead atoms. The summed E-state index contributed by atoms with van der Waals surface area (Å²) in [5.74, 6) is -3.17. The van der Waals surface area contributed by atoms with Crippen LogP contribution >= 0.6 is 0 Å². The van der Waals surface area contributed by atoms with Crippen molar-refractivity contribution in [2.75, 3.05) is 13.2 Å². The number of esters is 2. The van der Waals surface area contributed by atoms with Crippen LogP contribution in [0.4, 0.5) is 0 Å². The standard InChI is InChI=1S/C21H28O5/c1-4-25-20(23)19(21(24)26-5-2)18(15-12-10-14(3)11-13-15)16-8-6-7-9-17(16)22/h10-13,16,18-19H,4-9H2,1-3H3. The van der Waals surface area contributed by atoms with Crippen LogP contribution in [0, 0.1) is 18.8 Å². The topological polar surface area (TPSA) is 69.7 Å². The molecule has 142 valence electrons. The third-order valence-electron chi connectivity index (χ3n) is 4.94. The van der Waals surface area contributed by atoms with Crippen molar-refractivity contribution in [3.63, 3.8) is 0 Å². The van der Waals surface area contributed by atoms with Crippen LogP contribution in [0.3, 0.4) is 0 Å². The molecule has 0 aromatic heterocycles. The number of carbonyl (C=O) groups excluding carboxylic acids is 3. The summed E-state index contributed by atoms with van der Waals surface area (Å²) in [6, 6.07) is 7.66. The van der Waals surface area contributed by atoms with Crippen LogP contribution in [0.5, 0.6) is 0 Å². The molecule has 1 fully saturated rings. The number of hydrogen-bond acceptors (Lipinski definition) is 5. The fourth-order valence-electron chi connectivity index (χ4n) is 3.69. The number of hydrogen-bond donors (Lipinski definition) is 0. The van der Waals surface area contributed by atoms with Gasteiger partial charge in [-0.05, 0) is 39.2 Å². The SMILES string of the molecule is CCOC(=O)C(C(=O)OCC)C(c1ccc(C)cc1)C1CCCCC1=O. The van der Waals surface area contributed by atoms with Gasteiger partial charge in [0.1, 0.15) is 5.78 Å². The molecule has 0 heterocycles. The van der Waals surface area contributed by atoms with Crippen molar-refractivity contribution >= 4 is 17.7 Å². The van der Waals surface area contributed by atoms with Gasteiger partial charge in [0.25, 0.3) is 0 Å². The molecule has 0 saturated heterocycles. The van der Waals surface area contributed by atoms with Crippen molar-refractivity contribution in [3.8, 4) is 0 Å². The van der Waals surface area contributed by atoms with Crippen molar-refractivity contribution in [1.82, 2.24) is 0 Å². The van der Waals surface area contributed by atoms with E-state index in [1.807, 2.05) is 31.2 Å². The minimum atomic E-state index is -1.12. The Labute approximate surface area is 155 Å². The first-order valence-electron chi connectivity index (χ1n) is 9.42. The molecule has 0 aliphatic heterocycles. The van der Waals surface area contributed by atoms with Crippen molar-refractivity contribution in [1.29, 1.82) is 0 Å². The quantitative estimate of drug-likeness (QED) is 0.549. The van der Waals surface area contributed by atoms with Gasteiger partial charge in [-0.2, -0.15) is 0 Å². The Balaban J connectivity index is 2.49. The van der Waals surface area contributed by atoms with Crippen molar-refractivity contribution in [2.24, 2.45) is 11.8 Å². The molecule has 0 N–H and O–H groups in total. The summed E-state index contributed by atoms with van der Waals surface area (Å²) in [4.78, 5) is 37.9. The maximum atomic E-state index is 12.7. The van der Waals surface area contributed by atoms with E-state index in [1.54, 1.807) is 13.8 Å². The van der Waals surface area contributed by atoms with Crippen LogP contribution in [-0.4, -0.2) is 30.9 Å². The average molecular weight is 360 g/mol. The smallest absolute Gasteiger partial charge is 0.320 e. The Kier molecular flexibility index (Phi) is 7.37. The summed E-state index contributed by atoms with van der Waals surface area (Å²) in [6.07, 6.45) is 2.94. The Morgan fingerprint density at radius 2 is 1.62 bits per heavy atom. The van der Waals surface area contributed by atoms with Gasteiger partial charge in [-0.3, -0.25) is 14.4 Å². The number of ketones is 1. The van der Waals surface area contributed by atoms with Gasteiger partial charge in [-0.25, -0.2) is 0 Å². The Morgan fingerprint density at radius 3 is 2.12 bits per heavy atom. The molecule has 1 aliphatic carbocycles. The Bertz CT molecular complexity index is 616. The molecule has 26 heavy (non-hydrogen) atoms. The van der Waals surface area contributed by atoms with Crippen molar-refractivity contribution in [2.45, 2.75) is 52.4 Å². The minimum absolute atomic E-state index is 0.112. The van der Waals surface area contributed by atoms with Gasteiger partial charge in [0.15, 0.2) is 5.92 Å². The van der Waals surface area contributed by atoms with Gasteiger partial charge >= 0.3 is 11.9 Å². The molecule has 0 spiro atoms. The van der Waals surface area contributed by atoms with E-state index in [0.29, 0.717) is 12.8 Å². The van der Waals surface area contributed by atoms with Gasteiger partial charge in [-0.1, -0.05) is 36.2 Å². The van der Waals surface area contributed by atoms with E-state index in [2.05, 4.69) is 0 Å². The largest absolute Gasteiger partial charge is 0.465 e. The van der Waals surface area contributed by atoms with E-state index < -0.39 is 23.8 Å². The zero-order valence-corrected chi connectivity index (χ0v) is 15.8. The lowest BCUT2D eigenvalue weighted by Crippen LogP contribution is -2.39. The summed E-state index contributed by atoms with van der Waals surface area (Å²) in [6.45, 7) is 5.72. The Hall–Kier alpha value is -2.17. The third kappa shape index (κ3) is 4.71. The second-order valence-electron chi connectivity index (χ2n) is 6.74. The zero-order chi connectivity index (χ0) is 19.1. The van der Waals surface area contributed by atoms with Crippen LogP contribution < -0.4 is 0 Å². The zero-order valence-electron chi connectivity index (χ0n) is 15.8. The van der Waals surface area contributed by atoms with E-state index in [9.17, 15) is 14.4 Å². The average Bonchev–Trinajstić information content (AvgIpc) is 2.61. The first-order chi connectivity index (χ1) is 12.5. The highest BCUT2D eigenvalue weighted by molar-refractivity contribution is 5.97. The molecule has 1 saturated carbocycles. The minimum Gasteiger partial charge on any atom is -0.465 e. The third-order valence-corrected chi connectivity index (χ3v) is 4.94. The highest BCUT2D eigenvalue weighted by atomic mass is 16.6. The van der Waals surface area contributed by atoms with E-state index >= 15 is 0 Å². The Morgan fingerprint density at radius 1 is 1.04 bits per heavy atom. The molecule has 2 unspecified atom stereocenters. The second-order valence-corrected chi connectivity index (χ2v) is 6.74. The lowest BCUT2D eigenvalue weighted by atomic mass is 9.70. The molecule has 2 rings (SSSR count). The van der Waals surface area contributed by atoms with Crippen LogP contribution in [0.2, 0.25) is 0 Å². The molecule has 0 radical (unpaired) electrons. The van der Waals surface area contributed by atoms with Gasteiger partial charge in [0.05, 0.1) is 13.2 Å². The first-order valence-corrected chi connectivity index (χ1v) is 9.42. The predicted octanol–water partition coefficient (Wildman–Crippen LogP) is 3.58. The molecule has 1 aliphatic rings. The van der Waals surface area contributed by atoms with Gasteiger partial charge < -0.3 is 9.47 Å². The number of carbonyl (C=O) groups is 3. The van der Waals surface area contributed by atoms with Crippen LogP contribution in [0.15, 0.2) is 24.3 Å². The number of ether oxygens (including phenoxy) is 2. The van der Waals surface area contributed by atoms with Gasteiger partial charge in [0.2, 0.25) is 0 Å². The molecule has 2 atom stereocenters. The monoisotopic (exact) mass is 360 g/mol. The highest BCUT2D eigenvalue weighted by Crippen LogP contribution is 2.40. The fourth-order valence-corrected chi connectivity index (χ4v) is 3.69. The van der Waals surface area contributed by atoms with E-state index in [4.69, 9.17) is 9.47 Å². The molecule has 1 aromatic carbocycles. The summed E-state index contributed by atoms with van der Waals surface area (Å²) < 4.78 is 10.3. The van der Waals surface area contributed by atoms with E-state index in [-0.39, 0.29) is 24.9 Å². The number of rotatable bonds is 7. The van der Waals surface area contributed by atoms with Gasteiger partial charge in [0, 0.05) is 18.3 Å². The van der Waals surface area contributed by atoms with Gasteiger partial charge in [-0.15, -0.1) is 0 Å². The maximum absolute atomic E-state index is 12.7. The summed E-state index contributed by atoms with van der Waals surface area (Å²) in [5, 5.41) is 0. The molecule has 0 amide bonds. The van der Waals surface area contributed by atoms with Crippen molar-refractivity contribution < 1.29 is 23.9 Å². The molecule has 1 aromatic rings. The molecule has 5 heteroatoms. The lowest BCUT2D eigenvalue weighted by molar-refractivity contribution is -0.163. The summed E-state index contributed by atoms with van der Waals surface area (Å²) >= 11 is 0. The van der Waals surface area contributed by atoms with E-state index in [0.717, 1.165) is 24.0 Å². The first kappa shape index (κ1) is 20.1. The number of Topliss-reactive ketones (excluding diaryl/α,β-unsaturated/α-hetero) is 1. The predicted molar refractivity (Wildman–Crippen MR) is 97.6 cm³/mol. The normalized spacial score (nSPS) is 18.5. The summed E-state index contributed by atoms with van der Waals surface area (Å²) in [7, 11) is 0. The molecular weight excluding hydrogens is 332 g/mol. The highest BCUT2D eigenvalue weighted by Gasteiger charge is 2.45. The number of aryl methyl sites for hydroxylation is 1. The number of benzene rings is 1. The van der Waals surface area contributed by atoms with Crippen LogP contribution in [0.25, 0.3) is 0 Å². The fraction of sp³-hybridized carbons (Fsp3) is 0.571. The molecule has 5 nitrogen and oxygen atoms in total. The molecular formula is C21H28O5. The van der Waals surface area contributed by atoms with Crippen LogP contribution in [-0.2, 0) is 23.9 Å². The maximum Gasteiger partial charge on any atom is 0.320 e. The second kappa shape index (κ2) is 9.51. The lowest BCUT2D eigenvalue weighted by Gasteiger charge is -2.33. The van der Waals surface area contributed by atoms with E-state index in [1.165, 1.54) is 0 Å². The van der Waals surface area contributed by atoms with Crippen molar-refractivity contribution in [3.05, 3.63) is 35.4 Å². The van der Waals surface area contributed by atoms with Crippen LogP contribution in [0.1, 0.15) is 56.6 Å². The summed E-state index contributed by atoms with van der Waals surface area (Å²) in [5.41, 5.74) is 1.88.